The van der Waals surface area contributed by atoms with Gasteiger partial charge >= 0.3 is 6.01 Å². The van der Waals surface area contributed by atoms with Crippen molar-refractivity contribution in [2.45, 2.75) is 38.6 Å². The van der Waals surface area contributed by atoms with Gasteiger partial charge in [-0.05, 0) is 69.3 Å². The normalized spacial score (nSPS) is 19.8. The van der Waals surface area contributed by atoms with Crippen LogP contribution in [0, 0.1) is 17.0 Å². The molecule has 10 nitrogen and oxygen atoms in total. The van der Waals surface area contributed by atoms with E-state index in [1.807, 2.05) is 11.8 Å². The van der Waals surface area contributed by atoms with Crippen LogP contribution in [0.3, 0.4) is 0 Å². The number of pyridine rings is 2. The van der Waals surface area contributed by atoms with Crippen LogP contribution in [-0.4, -0.2) is 87.6 Å². The number of anilines is 1. The third-order valence-corrected chi connectivity index (χ3v) is 9.28. The Morgan fingerprint density at radius 1 is 1.11 bits per heavy atom. The first-order chi connectivity index (χ1) is 21.7. The van der Waals surface area contributed by atoms with Crippen molar-refractivity contribution in [2.75, 3.05) is 50.8 Å². The molecule has 2 aliphatic heterocycles. The number of aromatic amines is 1. The smallest absolute Gasteiger partial charge is 0.320 e. The maximum absolute atomic E-state index is 16.0. The number of likely N-dealkylation sites (tertiary alicyclic amines) is 1. The maximum atomic E-state index is 16.0. The number of fused-ring (bicyclic) bond motifs is 2. The second-order valence-electron chi connectivity index (χ2n) is 12.5. The molecule has 7 rings (SSSR count). The molecule has 1 aliphatic carbocycles. The Balaban J connectivity index is 1.31. The van der Waals surface area contributed by atoms with Gasteiger partial charge in [0.2, 0.25) is 11.5 Å². The van der Waals surface area contributed by atoms with Crippen LogP contribution in [0.5, 0.6) is 6.01 Å². The zero-order valence-corrected chi connectivity index (χ0v) is 25.2. The predicted octanol–water partition coefficient (Wildman–Crippen LogP) is 4.29. The molecule has 4 aromatic rings. The van der Waals surface area contributed by atoms with E-state index < -0.39 is 17.2 Å². The topological polar surface area (TPSA) is 108 Å². The molecule has 3 aromatic heterocycles. The molecule has 0 unspecified atom stereocenters. The van der Waals surface area contributed by atoms with Crippen LogP contribution in [0.1, 0.15) is 32.6 Å². The van der Waals surface area contributed by atoms with E-state index in [4.69, 9.17) is 9.72 Å². The van der Waals surface area contributed by atoms with Gasteiger partial charge in [0.1, 0.15) is 17.3 Å². The summed E-state index contributed by atoms with van der Waals surface area (Å²) in [6.07, 6.45) is 5.86. The quantitative estimate of drug-likeness (QED) is 0.293. The van der Waals surface area contributed by atoms with Crippen molar-refractivity contribution in [1.29, 1.82) is 0 Å². The Hall–Kier alpha value is -4.45. The molecule has 3 fully saturated rings. The molecule has 45 heavy (non-hydrogen) atoms. The number of nitrogens with zero attached hydrogens (tertiary/aromatic N) is 6. The van der Waals surface area contributed by atoms with E-state index in [-0.39, 0.29) is 45.8 Å². The minimum atomic E-state index is -0.761. The first kappa shape index (κ1) is 29.3. The molecule has 12 heteroatoms. The van der Waals surface area contributed by atoms with Crippen molar-refractivity contribution in [2.24, 2.45) is 5.41 Å². The van der Waals surface area contributed by atoms with Crippen LogP contribution in [0.25, 0.3) is 33.2 Å². The molecule has 5 heterocycles. The summed E-state index contributed by atoms with van der Waals surface area (Å²) in [7, 11) is 0. The number of aromatic nitrogens is 4. The van der Waals surface area contributed by atoms with Crippen molar-refractivity contribution in [1.82, 2.24) is 29.7 Å². The average molecular weight is 616 g/mol. The Morgan fingerprint density at radius 3 is 2.64 bits per heavy atom. The van der Waals surface area contributed by atoms with Crippen LogP contribution in [-0.2, 0) is 4.79 Å². The number of hydrogen-bond acceptors (Lipinski definition) is 8. The van der Waals surface area contributed by atoms with E-state index >= 15 is 8.78 Å². The zero-order chi connectivity index (χ0) is 31.3. The summed E-state index contributed by atoms with van der Waals surface area (Å²) in [6.45, 7) is 10.5. The Labute approximate surface area is 258 Å². The van der Waals surface area contributed by atoms with Gasteiger partial charge in [-0.25, -0.2) is 13.8 Å². The van der Waals surface area contributed by atoms with Gasteiger partial charge in [0.25, 0.3) is 0 Å². The summed E-state index contributed by atoms with van der Waals surface area (Å²) >= 11 is 0. The molecule has 0 spiro atoms. The molecule has 1 aromatic carbocycles. The molecular formula is C33H35F2N7O3. The van der Waals surface area contributed by atoms with Gasteiger partial charge in [-0.1, -0.05) is 18.7 Å². The third-order valence-electron chi connectivity index (χ3n) is 9.28. The Morgan fingerprint density at radius 2 is 1.91 bits per heavy atom. The number of halogens is 2. The van der Waals surface area contributed by atoms with Gasteiger partial charge < -0.3 is 24.4 Å². The predicted molar refractivity (Wildman–Crippen MR) is 167 cm³/mol. The fraction of sp³-hybridized carbons (Fsp3) is 0.424. The van der Waals surface area contributed by atoms with E-state index in [9.17, 15) is 9.59 Å². The number of carbonyl (C=O) groups is 1. The van der Waals surface area contributed by atoms with Crippen LogP contribution >= 0.6 is 0 Å². The summed E-state index contributed by atoms with van der Waals surface area (Å²) in [5.74, 6) is -1.09. The number of benzene rings is 1. The molecule has 234 valence electrons. The number of piperazine rings is 1. The highest BCUT2D eigenvalue weighted by molar-refractivity contribution is 5.96. The minimum Gasteiger partial charge on any atom is -0.463 e. The lowest BCUT2D eigenvalue weighted by Crippen LogP contribution is -2.53. The fourth-order valence-electron chi connectivity index (χ4n) is 6.68. The standard InChI is InChI=1S/C33H35F2N7O3/c1-3-26(44)41-13-14-42(20(2)17-41)31-22-16-24(35)28(29-27-21(15-25(43)36-29)7-6-8-23(27)34)37-30(22)38-32(39-31)45-19-33(9-10-33)18-40-11-4-5-12-40/h3,6-8,15-16,20H,1,4-5,9-14,17-19H2,2H3,(H,36,43)/t20-/m0/s1. The highest BCUT2D eigenvalue weighted by atomic mass is 19.1. The number of rotatable bonds is 8. The van der Waals surface area contributed by atoms with Gasteiger partial charge in [0, 0.05) is 49.1 Å². The van der Waals surface area contributed by atoms with E-state index in [0.717, 1.165) is 32.5 Å². The molecular weight excluding hydrogens is 580 g/mol. The number of nitrogens with one attached hydrogen (secondary N) is 1. The van der Waals surface area contributed by atoms with Gasteiger partial charge in [0.15, 0.2) is 11.5 Å². The lowest BCUT2D eigenvalue weighted by molar-refractivity contribution is -0.126. The first-order valence-corrected chi connectivity index (χ1v) is 15.5. The van der Waals surface area contributed by atoms with Crippen molar-refractivity contribution in [3.8, 4) is 17.4 Å². The van der Waals surface area contributed by atoms with E-state index in [0.29, 0.717) is 42.8 Å². The highest BCUT2D eigenvalue weighted by Gasteiger charge is 2.45. The van der Waals surface area contributed by atoms with Crippen LogP contribution in [0.2, 0.25) is 0 Å². The second kappa shape index (κ2) is 11.5. The number of H-pyrrole nitrogens is 1. The summed E-state index contributed by atoms with van der Waals surface area (Å²) in [5.41, 5.74) is -0.598. The summed E-state index contributed by atoms with van der Waals surface area (Å²) < 4.78 is 37.3. The maximum Gasteiger partial charge on any atom is 0.320 e. The fourth-order valence-corrected chi connectivity index (χ4v) is 6.68. The molecule has 1 saturated carbocycles. The largest absolute Gasteiger partial charge is 0.463 e. The van der Waals surface area contributed by atoms with Crippen molar-refractivity contribution >= 4 is 33.5 Å². The number of amides is 1. The van der Waals surface area contributed by atoms with Gasteiger partial charge in [-0.2, -0.15) is 9.97 Å². The third kappa shape index (κ3) is 5.63. The van der Waals surface area contributed by atoms with Gasteiger partial charge in [-0.3, -0.25) is 9.59 Å². The molecule has 0 radical (unpaired) electrons. The van der Waals surface area contributed by atoms with Gasteiger partial charge in [0.05, 0.1) is 17.7 Å². The lowest BCUT2D eigenvalue weighted by Gasteiger charge is -2.40. The van der Waals surface area contributed by atoms with Crippen LogP contribution in [0.4, 0.5) is 14.6 Å². The molecule has 1 atom stereocenters. The van der Waals surface area contributed by atoms with E-state index in [1.54, 1.807) is 11.0 Å². The second-order valence-corrected chi connectivity index (χ2v) is 12.5. The van der Waals surface area contributed by atoms with Crippen molar-refractivity contribution < 1.29 is 18.3 Å². The summed E-state index contributed by atoms with van der Waals surface area (Å²) in [4.78, 5) is 47.6. The summed E-state index contributed by atoms with van der Waals surface area (Å²) in [6, 6.07) is 6.84. The van der Waals surface area contributed by atoms with Crippen molar-refractivity contribution in [3.63, 3.8) is 0 Å². The molecule has 1 N–H and O–H groups in total. The van der Waals surface area contributed by atoms with Crippen LogP contribution in [0.15, 0.2) is 47.8 Å². The number of ether oxygens (including phenoxy) is 1. The molecule has 1 amide bonds. The lowest BCUT2D eigenvalue weighted by atomic mass is 10.1. The highest BCUT2D eigenvalue weighted by Crippen LogP contribution is 2.47. The SMILES string of the molecule is C=CC(=O)N1CCN(c2nc(OCC3(CN4CCCC4)CC3)nc3nc(-c4[nH]c(=O)cc5cccc(F)c45)c(F)cc23)[C@@H](C)C1. The van der Waals surface area contributed by atoms with E-state index in [2.05, 4.69) is 26.4 Å². The Bertz CT molecular complexity index is 1870. The van der Waals surface area contributed by atoms with Gasteiger partial charge in [-0.15, -0.1) is 0 Å². The van der Waals surface area contributed by atoms with E-state index in [1.165, 1.54) is 43.2 Å². The molecule has 3 aliphatic rings. The number of carbonyl (C=O) groups excluding carboxylic acids is 1. The monoisotopic (exact) mass is 615 g/mol. The molecule has 0 bridgehead atoms. The van der Waals surface area contributed by atoms with Crippen molar-refractivity contribution in [3.05, 3.63) is 65.0 Å². The summed E-state index contributed by atoms with van der Waals surface area (Å²) in [5, 5.41) is 0.735. The first-order valence-electron chi connectivity index (χ1n) is 15.5. The zero-order valence-electron chi connectivity index (χ0n) is 25.2. The molecule has 2 saturated heterocycles. The number of hydrogen-bond donors (Lipinski definition) is 1. The minimum absolute atomic E-state index is 0.0497. The average Bonchev–Trinajstić information content (AvgIpc) is 3.60. The Kier molecular flexibility index (Phi) is 7.47. The van der Waals surface area contributed by atoms with Crippen LogP contribution < -0.4 is 15.2 Å².